The first kappa shape index (κ1) is 26.2. The number of hydrogen-bond donors (Lipinski definition) is 1. The molecule has 5 rings (SSSR count). The number of nitrogens with one attached hydrogen (secondary N) is 1. The SMILES string of the molecule is CCCN(CC(=O)N(CCc1c[nH]c2ccccc12)Cc1ccc(F)cc1)C(=O)c1ccc2ccccc2c1. The molecule has 1 heterocycles. The second-order valence-corrected chi connectivity index (χ2v) is 9.84. The molecule has 1 aromatic heterocycles. The number of aromatic amines is 1. The monoisotopic (exact) mass is 521 g/mol. The smallest absolute Gasteiger partial charge is 0.254 e. The molecule has 0 bridgehead atoms. The lowest BCUT2D eigenvalue weighted by atomic mass is 10.1. The van der Waals surface area contributed by atoms with E-state index in [-0.39, 0.29) is 24.2 Å². The van der Waals surface area contributed by atoms with Gasteiger partial charge >= 0.3 is 0 Å². The molecule has 0 aliphatic carbocycles. The fourth-order valence-corrected chi connectivity index (χ4v) is 4.99. The second-order valence-electron chi connectivity index (χ2n) is 9.84. The molecule has 39 heavy (non-hydrogen) atoms. The number of benzene rings is 4. The van der Waals surface area contributed by atoms with Gasteiger partial charge in [-0.2, -0.15) is 0 Å². The van der Waals surface area contributed by atoms with E-state index in [0.717, 1.165) is 39.2 Å². The molecule has 6 heteroatoms. The van der Waals surface area contributed by atoms with Gasteiger partial charge < -0.3 is 14.8 Å². The minimum atomic E-state index is -0.314. The van der Waals surface area contributed by atoms with Crippen LogP contribution in [0.1, 0.15) is 34.8 Å². The highest BCUT2D eigenvalue weighted by molar-refractivity contribution is 6.00. The fraction of sp³-hybridized carbons (Fsp3) is 0.212. The second kappa shape index (κ2) is 11.9. The number of hydrogen-bond acceptors (Lipinski definition) is 2. The Hall–Kier alpha value is -4.45. The molecular formula is C33H32FN3O2. The number of rotatable bonds is 10. The van der Waals surface area contributed by atoms with Crippen molar-refractivity contribution in [2.45, 2.75) is 26.3 Å². The number of aromatic nitrogens is 1. The molecule has 0 saturated heterocycles. The van der Waals surface area contributed by atoms with E-state index in [0.29, 0.717) is 31.6 Å². The average molecular weight is 522 g/mol. The summed E-state index contributed by atoms with van der Waals surface area (Å²) in [4.78, 5) is 34.0. The normalized spacial score (nSPS) is 11.1. The first-order valence-corrected chi connectivity index (χ1v) is 13.4. The predicted molar refractivity (Wildman–Crippen MR) is 154 cm³/mol. The Morgan fingerprint density at radius 1 is 0.821 bits per heavy atom. The average Bonchev–Trinajstić information content (AvgIpc) is 3.38. The number of H-pyrrole nitrogens is 1. The number of para-hydroxylation sites is 1. The number of nitrogens with zero attached hydrogens (tertiary/aromatic N) is 2. The topological polar surface area (TPSA) is 56.4 Å². The molecule has 0 unspecified atom stereocenters. The van der Waals surface area contributed by atoms with Gasteiger partial charge in [-0.3, -0.25) is 9.59 Å². The van der Waals surface area contributed by atoms with Crippen molar-refractivity contribution in [1.29, 1.82) is 0 Å². The van der Waals surface area contributed by atoms with E-state index in [9.17, 15) is 14.0 Å². The van der Waals surface area contributed by atoms with Crippen molar-refractivity contribution in [1.82, 2.24) is 14.8 Å². The highest BCUT2D eigenvalue weighted by Crippen LogP contribution is 2.20. The summed E-state index contributed by atoms with van der Waals surface area (Å²) in [6.07, 6.45) is 3.38. The van der Waals surface area contributed by atoms with Gasteiger partial charge in [-0.25, -0.2) is 4.39 Å². The number of carbonyl (C=O) groups is 2. The molecule has 0 fully saturated rings. The molecule has 0 spiro atoms. The molecule has 0 radical (unpaired) electrons. The van der Waals surface area contributed by atoms with Gasteiger partial charge in [-0.05, 0) is 65.1 Å². The third kappa shape index (κ3) is 6.17. The maximum atomic E-state index is 13.7. The molecule has 5 nitrogen and oxygen atoms in total. The number of amides is 2. The Bertz CT molecular complexity index is 1590. The first-order chi connectivity index (χ1) is 19.0. The molecule has 0 saturated carbocycles. The van der Waals surface area contributed by atoms with Gasteiger partial charge in [0.05, 0.1) is 0 Å². The quantitative estimate of drug-likeness (QED) is 0.226. The third-order valence-corrected chi connectivity index (χ3v) is 7.07. The van der Waals surface area contributed by atoms with Gasteiger partial charge in [0.2, 0.25) is 5.91 Å². The van der Waals surface area contributed by atoms with E-state index >= 15 is 0 Å². The maximum Gasteiger partial charge on any atom is 0.254 e. The van der Waals surface area contributed by atoms with Gasteiger partial charge in [-0.1, -0.05) is 67.6 Å². The zero-order valence-corrected chi connectivity index (χ0v) is 22.1. The highest BCUT2D eigenvalue weighted by Gasteiger charge is 2.23. The zero-order chi connectivity index (χ0) is 27.2. The molecule has 0 aliphatic heterocycles. The van der Waals surface area contributed by atoms with E-state index in [1.54, 1.807) is 21.9 Å². The summed E-state index contributed by atoms with van der Waals surface area (Å²) in [5, 5.41) is 3.18. The van der Waals surface area contributed by atoms with Crippen LogP contribution in [0, 0.1) is 5.82 Å². The van der Waals surface area contributed by atoms with Crippen molar-refractivity contribution in [3.63, 3.8) is 0 Å². The zero-order valence-electron chi connectivity index (χ0n) is 22.1. The molecule has 5 aromatic rings. The first-order valence-electron chi connectivity index (χ1n) is 13.4. The van der Waals surface area contributed by atoms with E-state index in [2.05, 4.69) is 11.1 Å². The predicted octanol–water partition coefficient (Wildman–Crippen LogP) is 6.58. The summed E-state index contributed by atoms with van der Waals surface area (Å²) in [7, 11) is 0. The van der Waals surface area contributed by atoms with Crippen LogP contribution < -0.4 is 0 Å². The van der Waals surface area contributed by atoms with E-state index in [4.69, 9.17) is 0 Å². The lowest BCUT2D eigenvalue weighted by molar-refractivity contribution is -0.132. The van der Waals surface area contributed by atoms with Crippen molar-refractivity contribution >= 4 is 33.5 Å². The van der Waals surface area contributed by atoms with Gasteiger partial charge in [-0.15, -0.1) is 0 Å². The Labute approximate surface area is 227 Å². The van der Waals surface area contributed by atoms with Crippen LogP contribution in [0.25, 0.3) is 21.7 Å². The lowest BCUT2D eigenvalue weighted by Gasteiger charge is -2.28. The summed E-state index contributed by atoms with van der Waals surface area (Å²) in [6.45, 7) is 3.27. The summed E-state index contributed by atoms with van der Waals surface area (Å²) >= 11 is 0. The van der Waals surface area contributed by atoms with Crippen LogP contribution in [-0.2, 0) is 17.8 Å². The summed E-state index contributed by atoms with van der Waals surface area (Å²) in [6, 6.07) is 27.9. The Morgan fingerprint density at radius 2 is 1.56 bits per heavy atom. The molecular weight excluding hydrogens is 489 g/mol. The molecule has 198 valence electrons. The van der Waals surface area contributed by atoms with Crippen LogP contribution in [0.2, 0.25) is 0 Å². The van der Waals surface area contributed by atoms with Crippen LogP contribution in [0.4, 0.5) is 4.39 Å². The van der Waals surface area contributed by atoms with Crippen LogP contribution in [0.3, 0.4) is 0 Å². The van der Waals surface area contributed by atoms with Crippen LogP contribution >= 0.6 is 0 Å². The van der Waals surface area contributed by atoms with Crippen molar-refractivity contribution < 1.29 is 14.0 Å². The number of fused-ring (bicyclic) bond motifs is 2. The number of halogens is 1. The van der Waals surface area contributed by atoms with Gasteiger partial charge in [0.25, 0.3) is 5.91 Å². The van der Waals surface area contributed by atoms with Gasteiger partial charge in [0, 0.05) is 42.3 Å². The van der Waals surface area contributed by atoms with Crippen LogP contribution in [-0.4, -0.2) is 46.2 Å². The third-order valence-electron chi connectivity index (χ3n) is 7.07. The fourth-order valence-electron chi connectivity index (χ4n) is 4.99. The van der Waals surface area contributed by atoms with Gasteiger partial charge in [0.1, 0.15) is 12.4 Å². The molecule has 4 aromatic carbocycles. The molecule has 2 amide bonds. The van der Waals surface area contributed by atoms with E-state index < -0.39 is 0 Å². The van der Waals surface area contributed by atoms with E-state index in [1.165, 1.54) is 12.1 Å². The Morgan fingerprint density at radius 3 is 2.36 bits per heavy atom. The standard InChI is InChI=1S/C33H32FN3O2/c1-2-18-37(33(39)27-14-13-25-7-3-4-8-26(25)20-27)23-32(38)36(22-24-11-15-29(34)16-12-24)19-17-28-21-35-31-10-6-5-9-30(28)31/h3-16,20-21,35H,2,17-19,22-23H2,1H3. The van der Waals surface area contributed by atoms with Crippen molar-refractivity contribution in [2.75, 3.05) is 19.6 Å². The molecule has 1 N–H and O–H groups in total. The number of carbonyl (C=O) groups excluding carboxylic acids is 2. The largest absolute Gasteiger partial charge is 0.361 e. The summed E-state index contributed by atoms with van der Waals surface area (Å²) < 4.78 is 13.5. The van der Waals surface area contributed by atoms with Gasteiger partial charge in [0.15, 0.2) is 0 Å². The Kier molecular flexibility index (Phi) is 8.02. The van der Waals surface area contributed by atoms with Crippen molar-refractivity contribution in [3.05, 3.63) is 120 Å². The summed E-state index contributed by atoms with van der Waals surface area (Å²) in [5.41, 5.74) is 3.59. The highest BCUT2D eigenvalue weighted by atomic mass is 19.1. The van der Waals surface area contributed by atoms with Crippen LogP contribution in [0.5, 0.6) is 0 Å². The lowest BCUT2D eigenvalue weighted by Crippen LogP contribution is -2.43. The summed E-state index contributed by atoms with van der Waals surface area (Å²) in [5.74, 6) is -0.610. The van der Waals surface area contributed by atoms with Crippen molar-refractivity contribution in [3.8, 4) is 0 Å². The van der Waals surface area contributed by atoms with Crippen molar-refractivity contribution in [2.24, 2.45) is 0 Å². The van der Waals surface area contributed by atoms with E-state index in [1.807, 2.05) is 73.8 Å². The van der Waals surface area contributed by atoms with Crippen LogP contribution in [0.15, 0.2) is 97.2 Å². The Balaban J connectivity index is 1.36. The minimum absolute atomic E-state index is 0.0193. The molecule has 0 aliphatic rings. The maximum absolute atomic E-state index is 13.7. The molecule has 0 atom stereocenters. The minimum Gasteiger partial charge on any atom is -0.361 e.